The summed E-state index contributed by atoms with van der Waals surface area (Å²) < 4.78 is 16.6. The second-order valence-electron chi connectivity index (χ2n) is 9.99. The SMILES string of the molecule is COC(=O)[C@@]1(Cc2ccc(OCc3cc(C)nc4ccccc34)cc2)C[C@@H]1C(=O)OC(C)(C)C. The minimum atomic E-state index is -0.868. The Morgan fingerprint density at radius 1 is 1.09 bits per heavy atom. The summed E-state index contributed by atoms with van der Waals surface area (Å²) in [5.41, 5.74) is 2.45. The number of aryl methyl sites for hydroxylation is 1. The molecule has 1 aliphatic rings. The van der Waals surface area contributed by atoms with E-state index in [4.69, 9.17) is 14.2 Å². The molecule has 0 amide bonds. The zero-order valence-electron chi connectivity index (χ0n) is 20.4. The number of pyridine rings is 1. The fourth-order valence-corrected chi connectivity index (χ4v) is 4.43. The zero-order valence-corrected chi connectivity index (χ0v) is 20.4. The van der Waals surface area contributed by atoms with E-state index in [1.807, 2.05) is 82.3 Å². The van der Waals surface area contributed by atoms with Crippen LogP contribution in [-0.4, -0.2) is 29.6 Å². The first-order chi connectivity index (χ1) is 16.1. The highest BCUT2D eigenvalue weighted by Gasteiger charge is 2.65. The molecule has 0 aliphatic heterocycles. The van der Waals surface area contributed by atoms with Crippen LogP contribution >= 0.6 is 0 Å². The van der Waals surface area contributed by atoms with Crippen LogP contribution in [0.4, 0.5) is 0 Å². The smallest absolute Gasteiger partial charge is 0.313 e. The first-order valence-electron chi connectivity index (χ1n) is 11.5. The molecule has 0 radical (unpaired) electrons. The number of benzene rings is 2. The molecule has 1 aliphatic carbocycles. The van der Waals surface area contributed by atoms with Gasteiger partial charge < -0.3 is 14.2 Å². The van der Waals surface area contributed by atoms with Crippen molar-refractivity contribution in [1.29, 1.82) is 0 Å². The number of aromatic nitrogens is 1. The van der Waals surface area contributed by atoms with Crippen LogP contribution in [0.2, 0.25) is 0 Å². The van der Waals surface area contributed by atoms with Crippen molar-refractivity contribution in [2.24, 2.45) is 11.3 Å². The molecule has 1 aromatic heterocycles. The molecule has 2 atom stereocenters. The highest BCUT2D eigenvalue weighted by atomic mass is 16.6. The number of carbonyl (C=O) groups excluding carboxylic acids is 2. The number of rotatable bonds is 7. The molecule has 3 aromatic rings. The number of carbonyl (C=O) groups is 2. The van der Waals surface area contributed by atoms with Gasteiger partial charge in [0.15, 0.2) is 0 Å². The molecule has 4 rings (SSSR count). The molecule has 0 bridgehead atoms. The Balaban J connectivity index is 1.44. The Morgan fingerprint density at radius 3 is 2.47 bits per heavy atom. The average molecular weight is 462 g/mol. The summed E-state index contributed by atoms with van der Waals surface area (Å²) in [4.78, 5) is 29.7. The molecule has 6 heteroatoms. The standard InChI is InChI=1S/C28H31NO5/c1-18-14-20(22-8-6-7-9-24(22)29-18)17-33-21-12-10-19(11-13-21)15-28(26(31)32-5)16-23(28)25(30)34-27(2,3)4/h6-14,23H,15-17H2,1-5H3/t23-,28+/m1/s1. The number of hydrogen-bond donors (Lipinski definition) is 0. The fraction of sp³-hybridized carbons (Fsp3) is 0.393. The molecular formula is C28H31NO5. The molecule has 1 saturated carbocycles. The second kappa shape index (κ2) is 9.09. The van der Waals surface area contributed by atoms with Crippen molar-refractivity contribution in [1.82, 2.24) is 4.98 Å². The minimum Gasteiger partial charge on any atom is -0.489 e. The van der Waals surface area contributed by atoms with Crippen molar-refractivity contribution in [2.75, 3.05) is 7.11 Å². The lowest BCUT2D eigenvalue weighted by atomic mass is 9.93. The van der Waals surface area contributed by atoms with Crippen LogP contribution in [-0.2, 0) is 32.1 Å². The highest BCUT2D eigenvalue weighted by Crippen LogP contribution is 2.56. The van der Waals surface area contributed by atoms with Gasteiger partial charge >= 0.3 is 11.9 Å². The van der Waals surface area contributed by atoms with Gasteiger partial charge in [-0.15, -0.1) is 0 Å². The summed E-state index contributed by atoms with van der Waals surface area (Å²) in [6.07, 6.45) is 0.847. The molecule has 34 heavy (non-hydrogen) atoms. The predicted octanol–water partition coefficient (Wildman–Crippen LogP) is 5.19. The third-order valence-electron chi connectivity index (χ3n) is 6.13. The Labute approximate surface area is 200 Å². The Hall–Kier alpha value is -3.41. The number of methoxy groups -OCH3 is 1. The maximum Gasteiger partial charge on any atom is 0.313 e. The highest BCUT2D eigenvalue weighted by molar-refractivity contribution is 5.91. The van der Waals surface area contributed by atoms with Crippen LogP contribution in [0, 0.1) is 18.3 Å². The van der Waals surface area contributed by atoms with Crippen molar-refractivity contribution < 1.29 is 23.8 Å². The lowest BCUT2D eigenvalue weighted by Gasteiger charge is -2.21. The minimum absolute atomic E-state index is 0.349. The normalized spacial score (nSPS) is 19.5. The molecule has 0 N–H and O–H groups in total. The summed E-state index contributed by atoms with van der Waals surface area (Å²) in [7, 11) is 1.36. The van der Waals surface area contributed by atoms with E-state index >= 15 is 0 Å². The van der Waals surface area contributed by atoms with E-state index in [1.54, 1.807) is 0 Å². The van der Waals surface area contributed by atoms with Gasteiger partial charge in [0, 0.05) is 16.6 Å². The van der Waals surface area contributed by atoms with Crippen LogP contribution < -0.4 is 4.74 Å². The molecule has 178 valence electrons. The van der Waals surface area contributed by atoms with Crippen molar-refractivity contribution in [3.05, 3.63) is 71.4 Å². The molecule has 6 nitrogen and oxygen atoms in total. The van der Waals surface area contributed by atoms with Crippen LogP contribution in [0.1, 0.15) is 44.0 Å². The van der Waals surface area contributed by atoms with Gasteiger partial charge in [0.1, 0.15) is 18.0 Å². The molecule has 0 spiro atoms. The van der Waals surface area contributed by atoms with Gasteiger partial charge in [-0.25, -0.2) is 0 Å². The first kappa shape index (κ1) is 23.7. The van der Waals surface area contributed by atoms with E-state index in [0.29, 0.717) is 19.4 Å². The lowest BCUT2D eigenvalue weighted by Crippen LogP contribution is -2.30. The lowest BCUT2D eigenvalue weighted by molar-refractivity contribution is -0.161. The van der Waals surface area contributed by atoms with Gasteiger partial charge in [0.25, 0.3) is 0 Å². The van der Waals surface area contributed by atoms with E-state index in [1.165, 1.54) is 7.11 Å². The third-order valence-corrected chi connectivity index (χ3v) is 6.13. The maximum absolute atomic E-state index is 12.6. The van der Waals surface area contributed by atoms with Crippen LogP contribution in [0.25, 0.3) is 10.9 Å². The summed E-state index contributed by atoms with van der Waals surface area (Å²) in [6.45, 7) is 7.87. The van der Waals surface area contributed by atoms with E-state index in [2.05, 4.69) is 4.98 Å². The number of esters is 2. The van der Waals surface area contributed by atoms with E-state index < -0.39 is 16.9 Å². The summed E-state index contributed by atoms with van der Waals surface area (Å²) in [6, 6.07) is 17.7. The summed E-state index contributed by atoms with van der Waals surface area (Å²) >= 11 is 0. The van der Waals surface area contributed by atoms with Crippen LogP contribution in [0.15, 0.2) is 54.6 Å². The Morgan fingerprint density at radius 2 is 1.79 bits per heavy atom. The Kier molecular flexibility index (Phi) is 6.34. The van der Waals surface area contributed by atoms with Gasteiger partial charge in [-0.05, 0) is 70.4 Å². The van der Waals surface area contributed by atoms with Gasteiger partial charge in [-0.2, -0.15) is 0 Å². The largest absolute Gasteiger partial charge is 0.489 e. The molecule has 1 fully saturated rings. The van der Waals surface area contributed by atoms with Gasteiger partial charge in [-0.1, -0.05) is 30.3 Å². The fourth-order valence-electron chi connectivity index (χ4n) is 4.43. The maximum atomic E-state index is 12.6. The topological polar surface area (TPSA) is 74.7 Å². The van der Waals surface area contributed by atoms with Crippen molar-refractivity contribution in [3.63, 3.8) is 0 Å². The van der Waals surface area contributed by atoms with E-state index in [-0.39, 0.29) is 11.9 Å². The second-order valence-corrected chi connectivity index (χ2v) is 9.99. The van der Waals surface area contributed by atoms with Crippen LogP contribution in [0.3, 0.4) is 0 Å². The quantitative estimate of drug-likeness (QED) is 0.451. The third kappa shape index (κ3) is 5.06. The van der Waals surface area contributed by atoms with Crippen molar-refractivity contribution in [2.45, 2.75) is 52.7 Å². The Bertz CT molecular complexity index is 1210. The van der Waals surface area contributed by atoms with Crippen molar-refractivity contribution in [3.8, 4) is 5.75 Å². The summed E-state index contributed by atoms with van der Waals surface area (Å²) in [5.74, 6) is -0.478. The number of nitrogens with zero attached hydrogens (tertiary/aromatic N) is 1. The average Bonchev–Trinajstić information content (AvgIpc) is 3.52. The van der Waals surface area contributed by atoms with E-state index in [9.17, 15) is 9.59 Å². The molecule has 0 unspecified atom stereocenters. The number of fused-ring (bicyclic) bond motifs is 1. The zero-order chi connectivity index (χ0) is 24.5. The molecule has 1 heterocycles. The number of hydrogen-bond acceptors (Lipinski definition) is 6. The first-order valence-corrected chi connectivity index (χ1v) is 11.5. The summed E-state index contributed by atoms with van der Waals surface area (Å²) in [5, 5.41) is 1.08. The molecular weight excluding hydrogens is 430 g/mol. The van der Waals surface area contributed by atoms with E-state index in [0.717, 1.165) is 33.5 Å². The van der Waals surface area contributed by atoms with Crippen LogP contribution in [0.5, 0.6) is 5.75 Å². The monoisotopic (exact) mass is 461 g/mol. The number of para-hydroxylation sites is 1. The molecule has 2 aromatic carbocycles. The van der Waals surface area contributed by atoms with Gasteiger partial charge in [0.05, 0.1) is 24.0 Å². The molecule has 0 saturated heterocycles. The van der Waals surface area contributed by atoms with Crippen molar-refractivity contribution >= 4 is 22.8 Å². The number of ether oxygens (including phenoxy) is 3. The van der Waals surface area contributed by atoms with Gasteiger partial charge in [-0.3, -0.25) is 14.6 Å². The predicted molar refractivity (Wildman–Crippen MR) is 129 cm³/mol. The van der Waals surface area contributed by atoms with Gasteiger partial charge in [0.2, 0.25) is 0 Å².